The van der Waals surface area contributed by atoms with Gasteiger partial charge in [-0.15, -0.1) is 0 Å². The first-order valence-corrected chi connectivity index (χ1v) is 10.5. The summed E-state index contributed by atoms with van der Waals surface area (Å²) in [4.78, 5) is 5.45. The Hall–Kier alpha value is -2.04. The number of phenolic OH excluding ortho intramolecular Hbond substituents is 1. The number of fused-ring (bicyclic) bond motifs is 2. The molecular formula is C24H30N2O2. The fraction of sp³-hybridized carbons (Fsp3) is 0.500. The van der Waals surface area contributed by atoms with Gasteiger partial charge in [0.2, 0.25) is 0 Å². The number of likely N-dealkylation sites (tertiary alicyclic amines) is 1. The third-order valence-corrected chi connectivity index (χ3v) is 7.28. The van der Waals surface area contributed by atoms with Crippen molar-refractivity contribution < 1.29 is 9.84 Å². The number of benzene rings is 2. The van der Waals surface area contributed by atoms with Crippen LogP contribution in [0.1, 0.15) is 35.4 Å². The number of aryl methyl sites for hydroxylation is 1. The first-order valence-electron chi connectivity index (χ1n) is 10.5. The van der Waals surface area contributed by atoms with Crippen LogP contribution in [0, 0.1) is 12.8 Å². The summed E-state index contributed by atoms with van der Waals surface area (Å²) < 4.78 is 5.74. The van der Waals surface area contributed by atoms with Crippen molar-refractivity contribution in [2.75, 3.05) is 26.7 Å². The molecule has 4 heteroatoms. The fourth-order valence-electron chi connectivity index (χ4n) is 6.02. The van der Waals surface area contributed by atoms with Gasteiger partial charge in [-0.05, 0) is 62.0 Å². The zero-order valence-corrected chi connectivity index (χ0v) is 16.8. The monoisotopic (exact) mass is 378 g/mol. The van der Waals surface area contributed by atoms with Gasteiger partial charge in [-0.2, -0.15) is 0 Å². The third kappa shape index (κ3) is 2.90. The lowest BCUT2D eigenvalue weighted by Crippen LogP contribution is -2.60. The highest BCUT2D eigenvalue weighted by Gasteiger charge is 2.53. The van der Waals surface area contributed by atoms with Gasteiger partial charge in [-0.25, -0.2) is 0 Å². The predicted octanol–water partition coefficient (Wildman–Crippen LogP) is 3.77. The van der Waals surface area contributed by atoms with Crippen LogP contribution in [0.15, 0.2) is 42.5 Å². The molecule has 0 amide bonds. The molecule has 0 aromatic heterocycles. The van der Waals surface area contributed by atoms with E-state index in [-0.39, 0.29) is 0 Å². The molecule has 4 heterocycles. The number of hydrogen-bond acceptors (Lipinski definition) is 4. The van der Waals surface area contributed by atoms with Gasteiger partial charge in [-0.1, -0.05) is 30.3 Å². The van der Waals surface area contributed by atoms with E-state index in [0.29, 0.717) is 23.8 Å². The molecule has 2 aromatic carbocycles. The Morgan fingerprint density at radius 3 is 2.61 bits per heavy atom. The average Bonchev–Trinajstić information content (AvgIpc) is 3.13. The summed E-state index contributed by atoms with van der Waals surface area (Å²) in [5, 5.41) is 9.89. The maximum Gasteiger partial charge on any atom is 0.122 e. The van der Waals surface area contributed by atoms with Crippen molar-refractivity contribution >= 4 is 0 Å². The number of nitrogens with zero attached hydrogens (tertiary/aromatic N) is 2. The van der Waals surface area contributed by atoms with E-state index in [1.165, 1.54) is 37.1 Å². The van der Waals surface area contributed by atoms with Gasteiger partial charge in [0.05, 0.1) is 7.11 Å². The van der Waals surface area contributed by atoms with Crippen molar-refractivity contribution in [3.05, 3.63) is 59.2 Å². The Labute approximate surface area is 167 Å². The Bertz CT molecular complexity index is 859. The predicted molar refractivity (Wildman–Crippen MR) is 111 cm³/mol. The summed E-state index contributed by atoms with van der Waals surface area (Å²) in [5.41, 5.74) is 3.62. The number of piperidine rings is 3. The number of aromatic hydroxyl groups is 1. The van der Waals surface area contributed by atoms with Crippen LogP contribution in [-0.4, -0.2) is 53.7 Å². The SMILES string of the molecule is COc1ccccc1[C@@H]1CN(Cc2ccc(O)c(C)c2)[C@@H]2C3CCN(CC3)[C@@H]21. The van der Waals surface area contributed by atoms with Crippen LogP contribution >= 0.6 is 0 Å². The maximum absolute atomic E-state index is 9.89. The van der Waals surface area contributed by atoms with E-state index in [0.717, 1.165) is 30.3 Å². The average molecular weight is 379 g/mol. The van der Waals surface area contributed by atoms with E-state index in [2.05, 4.69) is 46.2 Å². The molecule has 0 unspecified atom stereocenters. The smallest absolute Gasteiger partial charge is 0.122 e. The van der Waals surface area contributed by atoms with Crippen molar-refractivity contribution in [2.45, 2.75) is 44.3 Å². The number of rotatable bonds is 4. The summed E-state index contributed by atoms with van der Waals surface area (Å²) in [7, 11) is 1.79. The van der Waals surface area contributed by atoms with Crippen LogP contribution in [-0.2, 0) is 6.54 Å². The first kappa shape index (κ1) is 18.0. The van der Waals surface area contributed by atoms with Crippen molar-refractivity contribution in [2.24, 2.45) is 5.92 Å². The standard InChI is InChI=1S/C24H30N2O2/c1-16-13-17(7-8-21(16)27)14-26-15-20(19-5-3-4-6-22(19)28-2)24-23(26)18-9-11-25(24)12-10-18/h3-8,13,18,20,23-24,27H,9-12,14-15H2,1-2H3/t20-,23+,24+/m0/s1. The molecule has 0 saturated carbocycles. The maximum atomic E-state index is 9.89. The Morgan fingerprint density at radius 1 is 1.07 bits per heavy atom. The number of phenols is 1. The summed E-state index contributed by atoms with van der Waals surface area (Å²) >= 11 is 0. The van der Waals surface area contributed by atoms with Gasteiger partial charge in [0.25, 0.3) is 0 Å². The molecule has 4 saturated heterocycles. The topological polar surface area (TPSA) is 35.9 Å². The van der Waals surface area contributed by atoms with Gasteiger partial charge in [0.1, 0.15) is 11.5 Å². The van der Waals surface area contributed by atoms with Gasteiger partial charge in [-0.3, -0.25) is 9.80 Å². The fourth-order valence-corrected chi connectivity index (χ4v) is 6.02. The van der Waals surface area contributed by atoms with Gasteiger partial charge in [0, 0.05) is 36.7 Å². The Balaban J connectivity index is 1.49. The minimum atomic E-state index is 0.387. The zero-order valence-electron chi connectivity index (χ0n) is 16.8. The lowest BCUT2D eigenvalue weighted by atomic mass is 9.75. The highest BCUT2D eigenvalue weighted by molar-refractivity contribution is 5.40. The lowest BCUT2D eigenvalue weighted by Gasteiger charge is -2.51. The molecule has 3 atom stereocenters. The van der Waals surface area contributed by atoms with Gasteiger partial charge in [0.15, 0.2) is 0 Å². The molecule has 4 aliphatic rings. The molecular weight excluding hydrogens is 348 g/mol. The molecule has 28 heavy (non-hydrogen) atoms. The molecule has 0 aliphatic carbocycles. The Morgan fingerprint density at radius 2 is 1.86 bits per heavy atom. The van der Waals surface area contributed by atoms with Crippen molar-refractivity contribution in [1.29, 1.82) is 0 Å². The molecule has 0 spiro atoms. The molecule has 4 fully saturated rings. The normalized spacial score (nSPS) is 31.7. The van der Waals surface area contributed by atoms with E-state index in [1.54, 1.807) is 7.11 Å². The van der Waals surface area contributed by atoms with Crippen molar-refractivity contribution in [3.63, 3.8) is 0 Å². The van der Waals surface area contributed by atoms with E-state index in [9.17, 15) is 5.11 Å². The first-order chi connectivity index (χ1) is 13.7. The second-order valence-electron chi connectivity index (χ2n) is 8.75. The summed E-state index contributed by atoms with van der Waals surface area (Å²) in [6, 6.07) is 15.8. The Kier molecular flexibility index (Phi) is 4.56. The number of para-hydroxylation sites is 1. The largest absolute Gasteiger partial charge is 0.508 e. The number of hydrogen-bond donors (Lipinski definition) is 1. The van der Waals surface area contributed by atoms with E-state index >= 15 is 0 Å². The van der Waals surface area contributed by atoms with Crippen LogP contribution < -0.4 is 4.74 Å². The van der Waals surface area contributed by atoms with E-state index < -0.39 is 0 Å². The van der Waals surface area contributed by atoms with Gasteiger partial charge >= 0.3 is 0 Å². The molecule has 4 aliphatic heterocycles. The number of methoxy groups -OCH3 is 1. The highest BCUT2D eigenvalue weighted by atomic mass is 16.5. The second kappa shape index (κ2) is 7.09. The molecule has 2 aromatic rings. The van der Waals surface area contributed by atoms with Crippen LogP contribution in [0.25, 0.3) is 0 Å². The molecule has 2 bridgehead atoms. The molecule has 0 radical (unpaired) electrons. The van der Waals surface area contributed by atoms with E-state index in [1.807, 2.05) is 13.0 Å². The quantitative estimate of drug-likeness (QED) is 0.879. The minimum Gasteiger partial charge on any atom is -0.508 e. The molecule has 1 N–H and O–H groups in total. The summed E-state index contributed by atoms with van der Waals surface area (Å²) in [5.74, 6) is 2.70. The second-order valence-corrected chi connectivity index (χ2v) is 8.75. The summed E-state index contributed by atoms with van der Waals surface area (Å²) in [6.07, 6.45) is 2.65. The molecule has 148 valence electrons. The number of ether oxygens (including phenoxy) is 1. The van der Waals surface area contributed by atoms with E-state index in [4.69, 9.17) is 4.74 Å². The lowest BCUT2D eigenvalue weighted by molar-refractivity contribution is -0.00879. The van der Waals surface area contributed by atoms with Crippen molar-refractivity contribution in [1.82, 2.24) is 9.80 Å². The minimum absolute atomic E-state index is 0.387. The molecule has 4 nitrogen and oxygen atoms in total. The summed E-state index contributed by atoms with van der Waals surface area (Å²) in [6.45, 7) is 6.49. The van der Waals surface area contributed by atoms with Crippen molar-refractivity contribution in [3.8, 4) is 11.5 Å². The highest BCUT2D eigenvalue weighted by Crippen LogP contribution is 2.48. The van der Waals surface area contributed by atoms with Gasteiger partial charge < -0.3 is 9.84 Å². The van der Waals surface area contributed by atoms with Crippen LogP contribution in [0.2, 0.25) is 0 Å². The van der Waals surface area contributed by atoms with Crippen LogP contribution in [0.4, 0.5) is 0 Å². The van der Waals surface area contributed by atoms with Crippen LogP contribution in [0.5, 0.6) is 11.5 Å². The zero-order chi connectivity index (χ0) is 19.3. The van der Waals surface area contributed by atoms with Crippen LogP contribution in [0.3, 0.4) is 0 Å². The molecule has 6 rings (SSSR count). The third-order valence-electron chi connectivity index (χ3n) is 7.28.